The Kier molecular flexibility index (Phi) is 3.39. The third kappa shape index (κ3) is 2.69. The summed E-state index contributed by atoms with van der Waals surface area (Å²) < 4.78 is 0. The van der Waals surface area contributed by atoms with Gasteiger partial charge in [-0.05, 0) is 6.42 Å². The summed E-state index contributed by atoms with van der Waals surface area (Å²) in [4.78, 5) is 32.6. The monoisotopic (exact) mass is 197 g/mol. The lowest BCUT2D eigenvalue weighted by molar-refractivity contribution is -0.136. The summed E-state index contributed by atoms with van der Waals surface area (Å²) >= 11 is 0. The van der Waals surface area contributed by atoms with Gasteiger partial charge in [0.15, 0.2) is 11.6 Å². The summed E-state index contributed by atoms with van der Waals surface area (Å²) in [5, 5.41) is 10.7. The van der Waals surface area contributed by atoms with E-state index in [0.29, 0.717) is 19.3 Å². The minimum absolute atomic E-state index is 0.0949. The minimum atomic E-state index is -1.03. The predicted molar refractivity (Wildman–Crippen MR) is 47.6 cm³/mol. The minimum Gasteiger partial charge on any atom is -0.480 e. The van der Waals surface area contributed by atoms with Crippen molar-refractivity contribution in [1.82, 2.24) is 5.32 Å². The number of carbonyl (C=O) groups is 3. The molecule has 0 atom stereocenters. The van der Waals surface area contributed by atoms with Crippen molar-refractivity contribution < 1.29 is 19.5 Å². The highest BCUT2D eigenvalue weighted by molar-refractivity contribution is 6.21. The van der Waals surface area contributed by atoms with Gasteiger partial charge in [-0.2, -0.15) is 0 Å². The third-order valence-corrected chi connectivity index (χ3v) is 1.91. The fraction of sp³-hybridized carbons (Fsp3) is 0.444. The largest absolute Gasteiger partial charge is 0.480 e. The van der Waals surface area contributed by atoms with Crippen LogP contribution in [0.3, 0.4) is 0 Å². The number of allylic oxidation sites excluding steroid dienone is 1. The number of carboxylic acids is 1. The highest BCUT2D eigenvalue weighted by atomic mass is 16.4. The molecular weight excluding hydrogens is 186 g/mol. The molecule has 1 fully saturated rings. The molecule has 0 bridgehead atoms. The van der Waals surface area contributed by atoms with E-state index in [1.165, 1.54) is 6.20 Å². The molecule has 0 spiro atoms. The van der Waals surface area contributed by atoms with Crippen molar-refractivity contribution in [1.29, 1.82) is 0 Å². The number of aliphatic carboxylic acids is 1. The van der Waals surface area contributed by atoms with Crippen molar-refractivity contribution >= 4 is 17.5 Å². The molecule has 0 amide bonds. The molecule has 1 aliphatic carbocycles. The van der Waals surface area contributed by atoms with Crippen molar-refractivity contribution in [2.75, 3.05) is 6.54 Å². The maximum absolute atomic E-state index is 11.2. The summed E-state index contributed by atoms with van der Waals surface area (Å²) in [6.45, 7) is -0.288. The molecule has 1 aliphatic rings. The summed E-state index contributed by atoms with van der Waals surface area (Å²) in [6.07, 6.45) is 2.53. The van der Waals surface area contributed by atoms with Crippen LogP contribution in [0.1, 0.15) is 19.3 Å². The van der Waals surface area contributed by atoms with Gasteiger partial charge < -0.3 is 10.4 Å². The van der Waals surface area contributed by atoms with Crippen LogP contribution in [0.5, 0.6) is 0 Å². The lowest BCUT2D eigenvalue weighted by atomic mass is 9.93. The van der Waals surface area contributed by atoms with E-state index < -0.39 is 5.97 Å². The van der Waals surface area contributed by atoms with Gasteiger partial charge in [0.05, 0.1) is 5.57 Å². The van der Waals surface area contributed by atoms with Gasteiger partial charge in [-0.1, -0.05) is 0 Å². The van der Waals surface area contributed by atoms with E-state index >= 15 is 0 Å². The Balaban J connectivity index is 2.58. The van der Waals surface area contributed by atoms with E-state index in [2.05, 4.69) is 5.32 Å². The number of carboxylic acid groups (broad SMARTS) is 1. The first-order valence-electron chi connectivity index (χ1n) is 4.33. The zero-order valence-electron chi connectivity index (χ0n) is 7.58. The molecule has 5 heteroatoms. The smallest absolute Gasteiger partial charge is 0.322 e. The van der Waals surface area contributed by atoms with Gasteiger partial charge in [-0.15, -0.1) is 0 Å². The number of Topliss-reactive ketones (excluding diaryl/α,β-unsaturated/α-hetero) is 2. The van der Waals surface area contributed by atoms with Gasteiger partial charge in [-0.3, -0.25) is 14.4 Å². The van der Waals surface area contributed by atoms with Crippen LogP contribution >= 0.6 is 0 Å². The fourth-order valence-electron chi connectivity index (χ4n) is 1.24. The summed E-state index contributed by atoms with van der Waals surface area (Å²) in [6, 6.07) is 0. The van der Waals surface area contributed by atoms with Crippen molar-refractivity contribution in [2.24, 2.45) is 0 Å². The number of hydrogen-bond donors (Lipinski definition) is 2. The number of ketones is 2. The Bertz CT molecular complexity index is 288. The predicted octanol–water partition coefficient (Wildman–Crippen LogP) is -0.133. The van der Waals surface area contributed by atoms with Gasteiger partial charge >= 0.3 is 5.97 Å². The van der Waals surface area contributed by atoms with Gasteiger partial charge in [-0.25, -0.2) is 0 Å². The molecule has 14 heavy (non-hydrogen) atoms. The van der Waals surface area contributed by atoms with Crippen LogP contribution in [-0.2, 0) is 14.4 Å². The first kappa shape index (κ1) is 10.4. The molecule has 76 valence electrons. The molecule has 0 aliphatic heterocycles. The second kappa shape index (κ2) is 4.55. The normalized spacial score (nSPS) is 16.7. The number of carbonyl (C=O) groups excluding carboxylic acids is 2. The van der Waals surface area contributed by atoms with Crippen LogP contribution in [-0.4, -0.2) is 29.2 Å². The molecule has 0 unspecified atom stereocenters. The molecule has 0 saturated heterocycles. The Morgan fingerprint density at radius 3 is 2.43 bits per heavy atom. The van der Waals surface area contributed by atoms with Crippen LogP contribution in [0.4, 0.5) is 0 Å². The van der Waals surface area contributed by atoms with Crippen LogP contribution in [0, 0.1) is 0 Å². The maximum Gasteiger partial charge on any atom is 0.322 e. The number of hydrogen-bond acceptors (Lipinski definition) is 4. The van der Waals surface area contributed by atoms with E-state index in [-0.39, 0.29) is 23.7 Å². The molecule has 0 radical (unpaired) electrons. The van der Waals surface area contributed by atoms with Gasteiger partial charge in [0.2, 0.25) is 0 Å². The highest BCUT2D eigenvalue weighted by Crippen LogP contribution is 2.15. The molecular formula is C9H11NO4. The average Bonchev–Trinajstić information content (AvgIpc) is 2.09. The van der Waals surface area contributed by atoms with Crippen LogP contribution < -0.4 is 5.32 Å². The highest BCUT2D eigenvalue weighted by Gasteiger charge is 2.22. The van der Waals surface area contributed by atoms with Gasteiger partial charge in [0.25, 0.3) is 0 Å². The molecule has 0 heterocycles. The molecule has 5 nitrogen and oxygen atoms in total. The van der Waals surface area contributed by atoms with Gasteiger partial charge in [0, 0.05) is 19.0 Å². The first-order valence-corrected chi connectivity index (χ1v) is 4.33. The van der Waals surface area contributed by atoms with E-state index in [9.17, 15) is 14.4 Å². The molecule has 0 aromatic heterocycles. The average molecular weight is 197 g/mol. The lowest BCUT2D eigenvalue weighted by Gasteiger charge is -2.11. The molecule has 1 rings (SSSR count). The van der Waals surface area contributed by atoms with Crippen molar-refractivity contribution in [2.45, 2.75) is 19.3 Å². The van der Waals surface area contributed by atoms with E-state index in [4.69, 9.17) is 5.11 Å². The SMILES string of the molecule is O=C(O)CNC=C1C(=O)CCCC1=O. The van der Waals surface area contributed by atoms with Crippen molar-refractivity contribution in [3.63, 3.8) is 0 Å². The molecule has 0 aromatic rings. The van der Waals surface area contributed by atoms with Crippen LogP contribution in [0.2, 0.25) is 0 Å². The number of rotatable bonds is 3. The van der Waals surface area contributed by atoms with E-state index in [0.717, 1.165) is 0 Å². The topological polar surface area (TPSA) is 83.5 Å². The standard InChI is InChI=1S/C9H11NO4/c11-7-2-1-3-8(12)6(7)4-10-5-9(13)14/h4,10H,1-3,5H2,(H,13,14). The zero-order valence-corrected chi connectivity index (χ0v) is 7.58. The number of nitrogens with one attached hydrogen (secondary N) is 1. The summed E-state index contributed by atoms with van der Waals surface area (Å²) in [7, 11) is 0. The Morgan fingerprint density at radius 1 is 1.36 bits per heavy atom. The first-order chi connectivity index (χ1) is 6.61. The Hall–Kier alpha value is -1.65. The second-order valence-corrected chi connectivity index (χ2v) is 3.03. The molecule has 0 aromatic carbocycles. The summed E-state index contributed by atoms with van der Waals surface area (Å²) in [5.74, 6) is -1.45. The quantitative estimate of drug-likeness (QED) is 0.486. The lowest BCUT2D eigenvalue weighted by Crippen LogP contribution is -2.24. The van der Waals surface area contributed by atoms with Crippen molar-refractivity contribution in [3.8, 4) is 0 Å². The zero-order chi connectivity index (χ0) is 10.6. The van der Waals surface area contributed by atoms with Gasteiger partial charge in [0.1, 0.15) is 6.54 Å². The second-order valence-electron chi connectivity index (χ2n) is 3.03. The Labute approximate surface area is 80.8 Å². The Morgan fingerprint density at radius 2 is 1.93 bits per heavy atom. The summed E-state index contributed by atoms with van der Waals surface area (Å²) in [5.41, 5.74) is 0.0949. The van der Waals surface area contributed by atoms with E-state index in [1.807, 2.05) is 0 Å². The van der Waals surface area contributed by atoms with Crippen LogP contribution in [0.25, 0.3) is 0 Å². The van der Waals surface area contributed by atoms with Crippen molar-refractivity contribution in [3.05, 3.63) is 11.8 Å². The maximum atomic E-state index is 11.2. The fourth-order valence-corrected chi connectivity index (χ4v) is 1.24. The third-order valence-electron chi connectivity index (χ3n) is 1.91. The van der Waals surface area contributed by atoms with E-state index in [1.54, 1.807) is 0 Å². The van der Waals surface area contributed by atoms with Crippen LogP contribution in [0.15, 0.2) is 11.8 Å². The molecule has 2 N–H and O–H groups in total. The molecule has 1 saturated carbocycles.